The summed E-state index contributed by atoms with van der Waals surface area (Å²) in [7, 11) is 0. The van der Waals surface area contributed by atoms with Crippen molar-refractivity contribution in [2.75, 3.05) is 6.54 Å². The SMILES string of the molecule is CCNC1CC2(CCCCC2C)Oc2cc(Br)ccc21. The van der Waals surface area contributed by atoms with Gasteiger partial charge in [0.1, 0.15) is 11.4 Å². The average molecular weight is 338 g/mol. The molecule has 1 aliphatic carbocycles. The molecule has 1 aromatic carbocycles. The number of halogens is 1. The zero-order valence-corrected chi connectivity index (χ0v) is 14.0. The fourth-order valence-electron chi connectivity index (χ4n) is 3.87. The summed E-state index contributed by atoms with van der Waals surface area (Å²) >= 11 is 3.58. The van der Waals surface area contributed by atoms with Gasteiger partial charge in [0.05, 0.1) is 0 Å². The van der Waals surface area contributed by atoms with Gasteiger partial charge in [-0.1, -0.05) is 42.3 Å². The number of hydrogen-bond acceptors (Lipinski definition) is 2. The molecule has 2 nitrogen and oxygen atoms in total. The number of fused-ring (bicyclic) bond motifs is 1. The second-order valence-corrected chi connectivity index (χ2v) is 7.23. The van der Waals surface area contributed by atoms with E-state index in [1.54, 1.807) is 0 Å². The molecule has 1 N–H and O–H groups in total. The molecule has 1 fully saturated rings. The second kappa shape index (κ2) is 5.69. The fraction of sp³-hybridized carbons (Fsp3) is 0.647. The highest BCUT2D eigenvalue weighted by Crippen LogP contribution is 2.49. The van der Waals surface area contributed by atoms with E-state index in [1.807, 2.05) is 0 Å². The molecule has 2 aliphatic rings. The Morgan fingerprint density at radius 2 is 2.25 bits per heavy atom. The molecule has 0 radical (unpaired) electrons. The summed E-state index contributed by atoms with van der Waals surface area (Å²) in [6.45, 7) is 5.56. The summed E-state index contributed by atoms with van der Waals surface area (Å²) in [5.74, 6) is 1.72. The zero-order chi connectivity index (χ0) is 14.2. The summed E-state index contributed by atoms with van der Waals surface area (Å²) in [5, 5.41) is 3.66. The predicted octanol–water partition coefficient (Wildman–Crippen LogP) is 4.83. The van der Waals surface area contributed by atoms with Gasteiger partial charge in [0.2, 0.25) is 0 Å². The van der Waals surface area contributed by atoms with Gasteiger partial charge in [0.25, 0.3) is 0 Å². The van der Waals surface area contributed by atoms with Crippen LogP contribution in [-0.4, -0.2) is 12.1 Å². The molecule has 20 heavy (non-hydrogen) atoms. The molecule has 0 amide bonds. The van der Waals surface area contributed by atoms with Crippen LogP contribution in [0.15, 0.2) is 22.7 Å². The molecule has 0 aromatic heterocycles. The smallest absolute Gasteiger partial charge is 0.126 e. The molecule has 0 bridgehead atoms. The lowest BCUT2D eigenvalue weighted by molar-refractivity contribution is -0.0442. The minimum atomic E-state index is 0.0406. The third kappa shape index (κ3) is 2.50. The van der Waals surface area contributed by atoms with Gasteiger partial charge in [-0.15, -0.1) is 0 Å². The van der Waals surface area contributed by atoms with Crippen molar-refractivity contribution < 1.29 is 4.74 Å². The molecule has 0 saturated heterocycles. The maximum atomic E-state index is 6.56. The lowest BCUT2D eigenvalue weighted by Crippen LogP contribution is -2.50. The van der Waals surface area contributed by atoms with Crippen LogP contribution in [-0.2, 0) is 0 Å². The minimum Gasteiger partial charge on any atom is -0.487 e. The van der Waals surface area contributed by atoms with Crippen LogP contribution >= 0.6 is 15.9 Å². The lowest BCUT2D eigenvalue weighted by Gasteiger charge is -2.48. The molecule has 1 spiro atoms. The maximum Gasteiger partial charge on any atom is 0.126 e. The molecule has 3 unspecified atom stereocenters. The Balaban J connectivity index is 1.98. The standard InChI is InChI=1S/C17H24BrNO/c1-3-19-15-11-17(9-5-4-6-12(17)2)20-16-10-13(18)7-8-14(15)16/h7-8,10,12,15,19H,3-6,9,11H2,1-2H3. The Hall–Kier alpha value is -0.540. The zero-order valence-electron chi connectivity index (χ0n) is 12.4. The van der Waals surface area contributed by atoms with E-state index >= 15 is 0 Å². The Labute approximate surface area is 130 Å². The molecule has 1 saturated carbocycles. The molecular weight excluding hydrogens is 314 g/mol. The minimum absolute atomic E-state index is 0.0406. The third-order valence-corrected chi connectivity index (χ3v) is 5.54. The highest BCUT2D eigenvalue weighted by Gasteiger charge is 2.45. The summed E-state index contributed by atoms with van der Waals surface area (Å²) in [5.41, 5.74) is 1.36. The molecular formula is C17H24BrNO. The first kappa shape index (κ1) is 14.4. The van der Waals surface area contributed by atoms with Crippen molar-refractivity contribution in [2.24, 2.45) is 5.92 Å². The molecule has 1 heterocycles. The van der Waals surface area contributed by atoms with Crippen molar-refractivity contribution in [1.29, 1.82) is 0 Å². The van der Waals surface area contributed by atoms with Crippen molar-refractivity contribution >= 4 is 15.9 Å². The summed E-state index contributed by atoms with van der Waals surface area (Å²) < 4.78 is 7.66. The molecule has 1 aliphatic heterocycles. The predicted molar refractivity (Wildman–Crippen MR) is 86.2 cm³/mol. The van der Waals surface area contributed by atoms with Crippen LogP contribution in [0.25, 0.3) is 0 Å². The van der Waals surface area contributed by atoms with Crippen LogP contribution in [0.1, 0.15) is 57.6 Å². The fourth-order valence-corrected chi connectivity index (χ4v) is 4.21. The number of nitrogens with one attached hydrogen (secondary N) is 1. The van der Waals surface area contributed by atoms with Gasteiger partial charge in [-0.3, -0.25) is 0 Å². The van der Waals surface area contributed by atoms with Crippen molar-refractivity contribution in [3.8, 4) is 5.75 Å². The third-order valence-electron chi connectivity index (χ3n) is 5.05. The van der Waals surface area contributed by atoms with E-state index in [9.17, 15) is 0 Å². The van der Waals surface area contributed by atoms with E-state index in [0.29, 0.717) is 12.0 Å². The second-order valence-electron chi connectivity index (χ2n) is 6.31. The van der Waals surface area contributed by atoms with Crippen LogP contribution in [0.4, 0.5) is 0 Å². The molecule has 3 rings (SSSR count). The van der Waals surface area contributed by atoms with Gasteiger partial charge in [0.15, 0.2) is 0 Å². The van der Waals surface area contributed by atoms with Crippen molar-refractivity contribution in [2.45, 2.75) is 57.6 Å². The molecule has 3 atom stereocenters. The highest BCUT2D eigenvalue weighted by atomic mass is 79.9. The van der Waals surface area contributed by atoms with Crippen molar-refractivity contribution in [1.82, 2.24) is 5.32 Å². The Kier molecular flexibility index (Phi) is 4.09. The monoisotopic (exact) mass is 337 g/mol. The first-order chi connectivity index (χ1) is 9.64. The number of ether oxygens (including phenoxy) is 1. The van der Waals surface area contributed by atoms with E-state index in [-0.39, 0.29) is 5.60 Å². The normalized spacial score (nSPS) is 32.8. The van der Waals surface area contributed by atoms with Gasteiger partial charge in [-0.2, -0.15) is 0 Å². The van der Waals surface area contributed by atoms with Gasteiger partial charge >= 0.3 is 0 Å². The average Bonchev–Trinajstić information content (AvgIpc) is 2.42. The largest absolute Gasteiger partial charge is 0.487 e. The quantitative estimate of drug-likeness (QED) is 0.834. The van der Waals surface area contributed by atoms with Crippen molar-refractivity contribution in [3.05, 3.63) is 28.2 Å². The van der Waals surface area contributed by atoms with Crippen molar-refractivity contribution in [3.63, 3.8) is 0 Å². The molecule has 110 valence electrons. The summed E-state index contributed by atoms with van der Waals surface area (Å²) in [4.78, 5) is 0. The Bertz CT molecular complexity index is 490. The van der Waals surface area contributed by atoms with E-state index in [1.165, 1.54) is 31.2 Å². The van der Waals surface area contributed by atoms with Gasteiger partial charge in [-0.25, -0.2) is 0 Å². The van der Waals surface area contributed by atoms with Gasteiger partial charge in [-0.05, 0) is 43.9 Å². The topological polar surface area (TPSA) is 21.3 Å². The first-order valence-corrected chi connectivity index (χ1v) is 8.66. The summed E-state index contributed by atoms with van der Waals surface area (Å²) in [6, 6.07) is 6.89. The number of benzene rings is 1. The van der Waals surface area contributed by atoms with Crippen LogP contribution in [0, 0.1) is 5.92 Å². The Morgan fingerprint density at radius 3 is 3.00 bits per heavy atom. The van der Waals surface area contributed by atoms with Crippen LogP contribution in [0.3, 0.4) is 0 Å². The summed E-state index contributed by atoms with van der Waals surface area (Å²) in [6.07, 6.45) is 6.25. The van der Waals surface area contributed by atoms with E-state index in [0.717, 1.165) is 23.2 Å². The Morgan fingerprint density at radius 1 is 1.40 bits per heavy atom. The molecule has 3 heteroatoms. The maximum absolute atomic E-state index is 6.56. The van der Waals surface area contributed by atoms with Gasteiger partial charge in [0, 0.05) is 22.5 Å². The van der Waals surface area contributed by atoms with Crippen LogP contribution in [0.2, 0.25) is 0 Å². The lowest BCUT2D eigenvalue weighted by atomic mass is 9.71. The highest BCUT2D eigenvalue weighted by molar-refractivity contribution is 9.10. The van der Waals surface area contributed by atoms with E-state index < -0.39 is 0 Å². The number of hydrogen-bond donors (Lipinski definition) is 1. The number of rotatable bonds is 2. The van der Waals surface area contributed by atoms with E-state index in [4.69, 9.17) is 4.74 Å². The van der Waals surface area contributed by atoms with E-state index in [2.05, 4.69) is 53.3 Å². The van der Waals surface area contributed by atoms with Crippen LogP contribution in [0.5, 0.6) is 5.75 Å². The van der Waals surface area contributed by atoms with Crippen LogP contribution < -0.4 is 10.1 Å². The molecule has 1 aromatic rings. The van der Waals surface area contributed by atoms with Gasteiger partial charge < -0.3 is 10.1 Å². The first-order valence-electron chi connectivity index (χ1n) is 7.86.